The zero-order valence-corrected chi connectivity index (χ0v) is 17.9. The van der Waals surface area contributed by atoms with Crippen LogP contribution in [-0.2, 0) is 16.0 Å². The van der Waals surface area contributed by atoms with Crippen LogP contribution in [0.1, 0.15) is 67.1 Å². The highest BCUT2D eigenvalue weighted by molar-refractivity contribution is 6.05. The minimum absolute atomic E-state index is 0.0626. The lowest BCUT2D eigenvalue weighted by molar-refractivity contribution is -0.130. The summed E-state index contributed by atoms with van der Waals surface area (Å²) < 4.78 is 5.51. The average Bonchev–Trinajstić information content (AvgIpc) is 2.70. The summed E-state index contributed by atoms with van der Waals surface area (Å²) in [5, 5.41) is 4.05. The number of carbonyl (C=O) groups is 2. The first-order valence-electron chi connectivity index (χ1n) is 11.3. The van der Waals surface area contributed by atoms with E-state index in [1.807, 2.05) is 38.1 Å². The molecule has 1 aromatic heterocycles. The van der Waals surface area contributed by atoms with Crippen molar-refractivity contribution in [1.29, 1.82) is 0 Å². The van der Waals surface area contributed by atoms with Gasteiger partial charge < -0.3 is 10.1 Å². The fraction of sp³-hybridized carbons (Fsp3) is 0.560. The lowest BCUT2D eigenvalue weighted by atomic mass is 9.53. The second-order valence-corrected chi connectivity index (χ2v) is 9.75. The number of nitrogens with zero attached hydrogens (tertiary/aromatic N) is 1. The first kappa shape index (κ1) is 19.5. The number of pyridine rings is 1. The van der Waals surface area contributed by atoms with Gasteiger partial charge in [0.25, 0.3) is 5.91 Å². The maximum atomic E-state index is 13.0. The van der Waals surface area contributed by atoms with Crippen LogP contribution < -0.4 is 5.32 Å². The molecule has 0 unspecified atom stereocenters. The number of hydrogen-bond donors (Lipinski definition) is 1. The second kappa shape index (κ2) is 7.36. The summed E-state index contributed by atoms with van der Waals surface area (Å²) in [5.41, 5.74) is 2.97. The lowest BCUT2D eigenvalue weighted by Gasteiger charge is -2.56. The van der Waals surface area contributed by atoms with Crippen molar-refractivity contribution in [2.24, 2.45) is 17.8 Å². The molecule has 4 bridgehead atoms. The van der Waals surface area contributed by atoms with Gasteiger partial charge in [0.05, 0.1) is 11.1 Å². The van der Waals surface area contributed by atoms with Crippen molar-refractivity contribution in [3.63, 3.8) is 0 Å². The SMILES string of the molecule is CCc1nc2ccccc2c(C(=O)OCC(=O)NC23CC4CC(CC(C4)C2)C3)c1C. The summed E-state index contributed by atoms with van der Waals surface area (Å²) >= 11 is 0. The topological polar surface area (TPSA) is 68.3 Å². The molecule has 0 aliphatic heterocycles. The number of aromatic nitrogens is 1. The normalized spacial score (nSPS) is 29.2. The molecule has 2 aromatic rings. The summed E-state index contributed by atoms with van der Waals surface area (Å²) in [4.78, 5) is 30.4. The van der Waals surface area contributed by atoms with E-state index in [2.05, 4.69) is 10.3 Å². The highest BCUT2D eigenvalue weighted by Gasteiger charge is 2.51. The van der Waals surface area contributed by atoms with Gasteiger partial charge in [-0.2, -0.15) is 0 Å². The Hall–Kier alpha value is -2.43. The molecule has 0 radical (unpaired) electrons. The van der Waals surface area contributed by atoms with Gasteiger partial charge in [-0.1, -0.05) is 25.1 Å². The van der Waals surface area contributed by atoms with Crippen molar-refractivity contribution in [2.45, 2.75) is 64.3 Å². The number of rotatable bonds is 5. The van der Waals surface area contributed by atoms with Crippen LogP contribution in [0.2, 0.25) is 0 Å². The Morgan fingerprint density at radius 1 is 1.10 bits per heavy atom. The smallest absolute Gasteiger partial charge is 0.339 e. The highest BCUT2D eigenvalue weighted by Crippen LogP contribution is 2.55. The Morgan fingerprint density at radius 2 is 1.73 bits per heavy atom. The summed E-state index contributed by atoms with van der Waals surface area (Å²) in [7, 11) is 0. The van der Waals surface area contributed by atoms with Gasteiger partial charge in [-0.3, -0.25) is 9.78 Å². The predicted octanol–water partition coefficient (Wildman–Crippen LogP) is 4.35. The molecule has 1 heterocycles. The number of aryl methyl sites for hydroxylation is 1. The maximum Gasteiger partial charge on any atom is 0.339 e. The Labute approximate surface area is 177 Å². The Balaban J connectivity index is 1.30. The third kappa shape index (κ3) is 3.38. The van der Waals surface area contributed by atoms with E-state index in [-0.39, 0.29) is 18.1 Å². The summed E-state index contributed by atoms with van der Waals surface area (Å²) in [5.74, 6) is 1.67. The van der Waals surface area contributed by atoms with E-state index < -0.39 is 5.97 Å². The molecule has 4 saturated carbocycles. The number of amides is 1. The number of fused-ring (bicyclic) bond motifs is 1. The molecule has 0 atom stereocenters. The number of ether oxygens (including phenoxy) is 1. The van der Waals surface area contributed by atoms with E-state index in [9.17, 15) is 9.59 Å². The lowest BCUT2D eigenvalue weighted by Crippen LogP contribution is -2.60. The quantitative estimate of drug-likeness (QED) is 0.750. The molecular weight excluding hydrogens is 376 g/mol. The number of carbonyl (C=O) groups excluding carboxylic acids is 2. The second-order valence-electron chi connectivity index (χ2n) is 9.75. The van der Waals surface area contributed by atoms with Crippen LogP contribution in [-0.4, -0.2) is 29.0 Å². The number of esters is 1. The van der Waals surface area contributed by atoms with Crippen LogP contribution >= 0.6 is 0 Å². The summed E-state index contributed by atoms with van der Waals surface area (Å²) in [6.07, 6.45) is 8.00. The van der Waals surface area contributed by atoms with Crippen LogP contribution in [0.25, 0.3) is 10.9 Å². The van der Waals surface area contributed by atoms with Crippen LogP contribution in [0.4, 0.5) is 0 Å². The van der Waals surface area contributed by atoms with Gasteiger partial charge in [0.1, 0.15) is 0 Å². The molecule has 158 valence electrons. The molecule has 6 rings (SSSR count). The van der Waals surface area contributed by atoms with Crippen LogP contribution in [0.3, 0.4) is 0 Å². The zero-order valence-electron chi connectivity index (χ0n) is 17.9. The van der Waals surface area contributed by atoms with Crippen molar-refractivity contribution >= 4 is 22.8 Å². The number of nitrogens with one attached hydrogen (secondary N) is 1. The first-order valence-corrected chi connectivity index (χ1v) is 11.3. The first-order chi connectivity index (χ1) is 14.5. The fourth-order valence-electron chi connectivity index (χ4n) is 6.76. The molecule has 30 heavy (non-hydrogen) atoms. The Kier molecular flexibility index (Phi) is 4.79. The fourth-order valence-corrected chi connectivity index (χ4v) is 6.76. The monoisotopic (exact) mass is 406 g/mol. The van der Waals surface area contributed by atoms with Gasteiger partial charge in [-0.05, 0) is 81.3 Å². The molecule has 5 nitrogen and oxygen atoms in total. The number of hydrogen-bond acceptors (Lipinski definition) is 4. The van der Waals surface area contributed by atoms with Gasteiger partial charge in [-0.15, -0.1) is 0 Å². The van der Waals surface area contributed by atoms with Crippen molar-refractivity contribution in [3.8, 4) is 0 Å². The van der Waals surface area contributed by atoms with Crippen LogP contribution in [0.5, 0.6) is 0 Å². The van der Waals surface area contributed by atoms with Crippen molar-refractivity contribution in [2.75, 3.05) is 6.61 Å². The van der Waals surface area contributed by atoms with Gasteiger partial charge >= 0.3 is 5.97 Å². The van der Waals surface area contributed by atoms with Gasteiger partial charge in [0.2, 0.25) is 0 Å². The minimum Gasteiger partial charge on any atom is -0.452 e. The van der Waals surface area contributed by atoms with E-state index in [0.717, 1.165) is 65.6 Å². The largest absolute Gasteiger partial charge is 0.452 e. The van der Waals surface area contributed by atoms with Gasteiger partial charge in [0, 0.05) is 16.6 Å². The van der Waals surface area contributed by atoms with Crippen molar-refractivity contribution < 1.29 is 14.3 Å². The Bertz CT molecular complexity index is 978. The molecule has 1 amide bonds. The molecule has 5 heteroatoms. The van der Waals surface area contributed by atoms with E-state index in [0.29, 0.717) is 5.56 Å². The molecule has 4 aliphatic rings. The highest BCUT2D eigenvalue weighted by atomic mass is 16.5. The molecule has 1 aromatic carbocycles. The average molecular weight is 407 g/mol. The van der Waals surface area contributed by atoms with Crippen molar-refractivity contribution in [3.05, 3.63) is 41.1 Å². The van der Waals surface area contributed by atoms with Gasteiger partial charge in [-0.25, -0.2) is 4.79 Å². The van der Waals surface area contributed by atoms with Crippen LogP contribution in [0.15, 0.2) is 24.3 Å². The zero-order chi connectivity index (χ0) is 20.9. The molecule has 0 saturated heterocycles. The van der Waals surface area contributed by atoms with E-state index in [1.54, 1.807) is 0 Å². The molecule has 4 fully saturated rings. The third-order valence-corrected chi connectivity index (χ3v) is 7.55. The van der Waals surface area contributed by atoms with Crippen molar-refractivity contribution in [1.82, 2.24) is 10.3 Å². The van der Waals surface area contributed by atoms with Crippen LogP contribution in [0, 0.1) is 24.7 Å². The molecule has 4 aliphatic carbocycles. The van der Waals surface area contributed by atoms with E-state index in [1.165, 1.54) is 19.3 Å². The van der Waals surface area contributed by atoms with E-state index in [4.69, 9.17) is 4.74 Å². The third-order valence-electron chi connectivity index (χ3n) is 7.55. The standard InChI is InChI=1S/C25H30N2O3/c1-3-20-15(2)23(19-6-4-5-7-21(19)26-20)24(29)30-14-22(28)27-25-11-16-8-17(12-25)10-18(9-16)13-25/h4-7,16-18H,3,8-14H2,1-2H3,(H,27,28). The minimum atomic E-state index is -0.443. The molecule has 1 N–H and O–H groups in total. The maximum absolute atomic E-state index is 13.0. The number of benzene rings is 1. The Morgan fingerprint density at radius 3 is 2.37 bits per heavy atom. The summed E-state index contributed by atoms with van der Waals surface area (Å²) in [6, 6.07) is 7.61. The molecule has 0 spiro atoms. The molecular formula is C25H30N2O3. The van der Waals surface area contributed by atoms with Gasteiger partial charge in [0.15, 0.2) is 6.61 Å². The number of para-hydroxylation sites is 1. The summed E-state index contributed by atoms with van der Waals surface area (Å²) in [6.45, 7) is 3.71. The van der Waals surface area contributed by atoms with E-state index >= 15 is 0 Å². The predicted molar refractivity (Wildman–Crippen MR) is 115 cm³/mol.